The van der Waals surface area contributed by atoms with Crippen LogP contribution in [0.1, 0.15) is 37.4 Å². The van der Waals surface area contributed by atoms with Crippen molar-refractivity contribution in [2.24, 2.45) is 0 Å². The molecule has 0 bridgehead atoms. The van der Waals surface area contributed by atoms with E-state index < -0.39 is 0 Å². The smallest absolute Gasteiger partial charge is 0.222 e. The van der Waals surface area contributed by atoms with E-state index in [1.165, 1.54) is 0 Å². The summed E-state index contributed by atoms with van der Waals surface area (Å²) in [5.74, 6) is 0.0782. The van der Waals surface area contributed by atoms with Crippen LogP contribution in [0.2, 0.25) is 0 Å². The zero-order valence-electron chi connectivity index (χ0n) is 15.6. The van der Waals surface area contributed by atoms with Crippen molar-refractivity contribution >= 4 is 5.91 Å². The van der Waals surface area contributed by atoms with E-state index in [4.69, 9.17) is 4.74 Å². The Morgan fingerprint density at radius 2 is 1.50 bits per heavy atom. The number of carbonyl (C=O) groups excluding carboxylic acids is 1. The highest BCUT2D eigenvalue weighted by Gasteiger charge is 2.23. The second-order valence-electron chi connectivity index (χ2n) is 7.09. The van der Waals surface area contributed by atoms with Crippen LogP contribution >= 0.6 is 0 Å². The van der Waals surface area contributed by atoms with Crippen LogP contribution in [0.25, 0.3) is 0 Å². The lowest BCUT2D eigenvalue weighted by molar-refractivity contribution is -0.123. The Balaban J connectivity index is 1.62. The first-order chi connectivity index (χ1) is 12.6. The fraction of sp³-hybridized carbons (Fsp3) is 0.409. The normalized spacial score (nSPS) is 20.9. The van der Waals surface area contributed by atoms with E-state index in [1.54, 1.807) is 0 Å². The van der Waals surface area contributed by atoms with Gasteiger partial charge in [-0.1, -0.05) is 60.7 Å². The standard InChI is InChI=1S/C22H28N2O2/c1-17-15-24(16-18(2)26-17)14-13-21(25)23-22(19-9-5-3-6-10-19)20-11-7-4-8-12-20/h3-12,17-18,22H,13-16H2,1-2H3,(H,23,25)/t17-,18-/m1/s1. The topological polar surface area (TPSA) is 41.6 Å². The number of ether oxygens (including phenoxy) is 1. The third-order valence-corrected chi connectivity index (χ3v) is 4.72. The molecule has 2 aromatic carbocycles. The van der Waals surface area contributed by atoms with Gasteiger partial charge in [-0.15, -0.1) is 0 Å². The van der Waals surface area contributed by atoms with Gasteiger partial charge in [0.25, 0.3) is 0 Å². The van der Waals surface area contributed by atoms with Gasteiger partial charge in [-0.3, -0.25) is 9.69 Å². The predicted octanol–water partition coefficient (Wildman–Crippen LogP) is 3.39. The summed E-state index contributed by atoms with van der Waals surface area (Å²) in [6.45, 7) is 6.71. The summed E-state index contributed by atoms with van der Waals surface area (Å²) in [4.78, 5) is 15.0. The van der Waals surface area contributed by atoms with Crippen LogP contribution < -0.4 is 5.32 Å². The zero-order valence-corrected chi connectivity index (χ0v) is 15.6. The molecule has 0 spiro atoms. The van der Waals surface area contributed by atoms with Gasteiger partial charge in [0.1, 0.15) is 0 Å². The van der Waals surface area contributed by atoms with Gasteiger partial charge in [-0.05, 0) is 25.0 Å². The molecule has 0 saturated carbocycles. The van der Waals surface area contributed by atoms with Crippen LogP contribution in [-0.4, -0.2) is 42.6 Å². The summed E-state index contributed by atoms with van der Waals surface area (Å²) < 4.78 is 5.76. The Labute approximate surface area is 156 Å². The summed E-state index contributed by atoms with van der Waals surface area (Å²) in [5.41, 5.74) is 2.20. The second kappa shape index (κ2) is 8.97. The van der Waals surface area contributed by atoms with Crippen molar-refractivity contribution in [1.29, 1.82) is 0 Å². The molecular weight excluding hydrogens is 324 g/mol. The van der Waals surface area contributed by atoms with Gasteiger partial charge in [0, 0.05) is 26.1 Å². The van der Waals surface area contributed by atoms with Crippen LogP contribution in [0.3, 0.4) is 0 Å². The van der Waals surface area contributed by atoms with E-state index in [9.17, 15) is 4.79 Å². The number of benzene rings is 2. The summed E-state index contributed by atoms with van der Waals surface area (Å²) in [5, 5.41) is 3.21. The first kappa shape index (κ1) is 18.6. The van der Waals surface area contributed by atoms with Gasteiger partial charge in [-0.25, -0.2) is 0 Å². The summed E-state index contributed by atoms with van der Waals surface area (Å²) in [6, 6.07) is 20.1. The Kier molecular flexibility index (Phi) is 6.42. The van der Waals surface area contributed by atoms with Crippen LogP contribution in [0.4, 0.5) is 0 Å². The minimum Gasteiger partial charge on any atom is -0.373 e. The zero-order chi connectivity index (χ0) is 18.4. The molecule has 0 aliphatic carbocycles. The molecule has 1 heterocycles. The lowest BCUT2D eigenvalue weighted by Gasteiger charge is -2.35. The van der Waals surface area contributed by atoms with Crippen molar-refractivity contribution in [3.8, 4) is 0 Å². The maximum absolute atomic E-state index is 12.6. The third kappa shape index (κ3) is 5.16. The fourth-order valence-electron chi connectivity index (χ4n) is 3.61. The Morgan fingerprint density at radius 3 is 2.00 bits per heavy atom. The van der Waals surface area contributed by atoms with Crippen molar-refractivity contribution in [1.82, 2.24) is 10.2 Å². The molecule has 4 nitrogen and oxygen atoms in total. The van der Waals surface area contributed by atoms with E-state index in [0.29, 0.717) is 6.42 Å². The highest BCUT2D eigenvalue weighted by Crippen LogP contribution is 2.22. The van der Waals surface area contributed by atoms with E-state index in [1.807, 2.05) is 36.4 Å². The van der Waals surface area contributed by atoms with Gasteiger partial charge in [0.15, 0.2) is 0 Å². The molecule has 0 radical (unpaired) electrons. The van der Waals surface area contributed by atoms with Gasteiger partial charge in [0.2, 0.25) is 5.91 Å². The number of nitrogens with one attached hydrogen (secondary N) is 1. The number of carbonyl (C=O) groups is 1. The van der Waals surface area contributed by atoms with Crippen LogP contribution in [-0.2, 0) is 9.53 Å². The highest BCUT2D eigenvalue weighted by atomic mass is 16.5. The van der Waals surface area contributed by atoms with Crippen molar-refractivity contribution < 1.29 is 9.53 Å². The number of nitrogens with zero attached hydrogens (tertiary/aromatic N) is 1. The molecule has 1 saturated heterocycles. The Morgan fingerprint density at radius 1 is 1.00 bits per heavy atom. The maximum atomic E-state index is 12.6. The molecular formula is C22H28N2O2. The lowest BCUT2D eigenvalue weighted by atomic mass is 9.98. The number of hydrogen-bond acceptors (Lipinski definition) is 3. The minimum atomic E-state index is -0.118. The first-order valence-corrected chi connectivity index (χ1v) is 9.39. The molecule has 1 N–H and O–H groups in total. The van der Waals surface area contributed by atoms with Crippen LogP contribution in [0.5, 0.6) is 0 Å². The van der Waals surface area contributed by atoms with Gasteiger partial charge < -0.3 is 10.1 Å². The van der Waals surface area contributed by atoms with E-state index in [2.05, 4.69) is 48.3 Å². The van der Waals surface area contributed by atoms with Gasteiger partial charge in [0.05, 0.1) is 18.2 Å². The third-order valence-electron chi connectivity index (χ3n) is 4.72. The average molecular weight is 352 g/mol. The van der Waals surface area contributed by atoms with Gasteiger partial charge >= 0.3 is 0 Å². The van der Waals surface area contributed by atoms with Crippen LogP contribution in [0, 0.1) is 0 Å². The maximum Gasteiger partial charge on any atom is 0.222 e. The fourth-order valence-corrected chi connectivity index (χ4v) is 3.61. The molecule has 3 rings (SSSR count). The molecule has 1 amide bonds. The van der Waals surface area contributed by atoms with Crippen molar-refractivity contribution in [2.45, 2.75) is 38.5 Å². The lowest BCUT2D eigenvalue weighted by Crippen LogP contribution is -2.46. The second-order valence-corrected chi connectivity index (χ2v) is 7.09. The van der Waals surface area contributed by atoms with Gasteiger partial charge in [-0.2, -0.15) is 0 Å². The summed E-state index contributed by atoms with van der Waals surface area (Å²) in [7, 11) is 0. The average Bonchev–Trinajstić information content (AvgIpc) is 2.65. The Bertz CT molecular complexity index is 640. The molecule has 0 unspecified atom stereocenters. The van der Waals surface area contributed by atoms with Crippen LogP contribution in [0.15, 0.2) is 60.7 Å². The molecule has 138 valence electrons. The van der Waals surface area contributed by atoms with E-state index in [0.717, 1.165) is 30.8 Å². The molecule has 2 atom stereocenters. The molecule has 4 heteroatoms. The summed E-state index contributed by atoms with van der Waals surface area (Å²) >= 11 is 0. The number of hydrogen-bond donors (Lipinski definition) is 1. The van der Waals surface area contributed by atoms with E-state index >= 15 is 0 Å². The molecule has 2 aromatic rings. The Hall–Kier alpha value is -2.17. The molecule has 26 heavy (non-hydrogen) atoms. The molecule has 1 aliphatic heterocycles. The van der Waals surface area contributed by atoms with Crippen molar-refractivity contribution in [2.75, 3.05) is 19.6 Å². The number of morpholine rings is 1. The molecule has 1 fully saturated rings. The van der Waals surface area contributed by atoms with Crippen molar-refractivity contribution in [3.05, 3.63) is 71.8 Å². The molecule has 1 aliphatic rings. The van der Waals surface area contributed by atoms with Crippen molar-refractivity contribution in [3.63, 3.8) is 0 Å². The highest BCUT2D eigenvalue weighted by molar-refractivity contribution is 5.77. The largest absolute Gasteiger partial charge is 0.373 e. The monoisotopic (exact) mass is 352 g/mol. The first-order valence-electron chi connectivity index (χ1n) is 9.39. The SMILES string of the molecule is C[C@@H]1CN(CCC(=O)NC(c2ccccc2)c2ccccc2)C[C@@H](C)O1. The number of amides is 1. The summed E-state index contributed by atoms with van der Waals surface area (Å²) in [6.07, 6.45) is 0.946. The minimum absolute atomic E-state index is 0.0782. The molecule has 0 aromatic heterocycles. The number of rotatable bonds is 6. The predicted molar refractivity (Wildman–Crippen MR) is 104 cm³/mol. The quantitative estimate of drug-likeness (QED) is 0.866. The van der Waals surface area contributed by atoms with E-state index in [-0.39, 0.29) is 24.2 Å².